The Labute approximate surface area is 381 Å². The van der Waals surface area contributed by atoms with Crippen LogP contribution in [-0.4, -0.2) is 154 Å². The first-order valence-electron chi connectivity index (χ1n) is 23.1. The fourth-order valence-electron chi connectivity index (χ4n) is 11.8. The summed E-state index contributed by atoms with van der Waals surface area (Å²) < 4.78 is 0. The van der Waals surface area contributed by atoms with Crippen LogP contribution in [0.2, 0.25) is 0 Å². The molecule has 8 N–H and O–H groups in total. The van der Waals surface area contributed by atoms with Gasteiger partial charge in [-0.25, -0.2) is 0 Å². The maximum Gasteiger partial charge on any atom is 0.251 e. The minimum Gasteiger partial charge on any atom is -0.351 e. The molecule has 362 valence electrons. The summed E-state index contributed by atoms with van der Waals surface area (Å²) in [5, 5.41) is 68.1. The molecule has 2 aromatic heterocycles. The Bertz CT molecular complexity index is 1660. The molecule has 64 heavy (non-hydrogen) atoms. The Morgan fingerprint density at radius 1 is 0.344 bits per heavy atom. The summed E-state index contributed by atoms with van der Waals surface area (Å²) in [5.41, 5.74) is -4.00. The van der Waals surface area contributed by atoms with Crippen molar-refractivity contribution in [3.05, 3.63) is 0 Å². The highest BCUT2D eigenvalue weighted by molar-refractivity contribution is 5.52. The zero-order valence-corrected chi connectivity index (χ0v) is 42.1. The molecule has 4 saturated heterocycles. The van der Waals surface area contributed by atoms with E-state index >= 15 is 0 Å². The van der Waals surface area contributed by atoms with Gasteiger partial charge in [-0.2, -0.15) is 50.2 Å². The van der Waals surface area contributed by atoms with Gasteiger partial charge >= 0.3 is 0 Å². The van der Waals surface area contributed by atoms with Crippen LogP contribution in [-0.2, 0) is 0 Å². The quantitative estimate of drug-likeness (QED) is 0.108. The topological polar surface area (TPSA) is 226 Å². The molecular formula is C44H82N16O4. The van der Waals surface area contributed by atoms with Gasteiger partial charge in [0.15, 0.2) is 0 Å². The van der Waals surface area contributed by atoms with Crippen LogP contribution in [0.1, 0.15) is 162 Å². The Morgan fingerprint density at radius 3 is 0.656 bits per heavy atom. The Morgan fingerprint density at radius 2 is 0.500 bits per heavy atom. The number of hydrazine groups is 1. The SMILES string of the molecule is CN(c1nc(NC2CC(C)(C)N(O)C(C)(C)C2)nc(NC2CC(C)(C)N(O)C(C)(C)C2)n1)N(C)c1nc(NC2CC(C)(C)N(O)C(C)(C)C2)nc(NC2CC(C)(C)N(O)C(C)(C)C2)n1. The van der Waals surface area contributed by atoms with Crippen molar-refractivity contribution in [1.29, 1.82) is 0 Å². The number of piperidine rings is 4. The van der Waals surface area contributed by atoms with Gasteiger partial charge in [-0.1, -0.05) is 0 Å². The second kappa shape index (κ2) is 16.7. The fourth-order valence-corrected chi connectivity index (χ4v) is 11.8. The normalized spacial score (nSPS) is 26.3. The van der Waals surface area contributed by atoms with Crippen LogP contribution >= 0.6 is 0 Å². The van der Waals surface area contributed by atoms with Gasteiger partial charge in [0.25, 0.3) is 11.9 Å². The van der Waals surface area contributed by atoms with Gasteiger partial charge in [-0.15, -0.1) is 0 Å². The summed E-state index contributed by atoms with van der Waals surface area (Å²) >= 11 is 0. The van der Waals surface area contributed by atoms with Gasteiger partial charge in [-0.05, 0) is 162 Å². The highest BCUT2D eigenvalue weighted by Gasteiger charge is 2.49. The second-order valence-corrected chi connectivity index (χ2v) is 24.4. The third-order valence-electron chi connectivity index (χ3n) is 14.2. The van der Waals surface area contributed by atoms with Crippen LogP contribution in [0.5, 0.6) is 0 Å². The largest absolute Gasteiger partial charge is 0.351 e. The summed E-state index contributed by atoms with van der Waals surface area (Å²) in [6.45, 7) is 32.5. The molecule has 20 nitrogen and oxygen atoms in total. The predicted octanol–water partition coefficient (Wildman–Crippen LogP) is 6.84. The highest BCUT2D eigenvalue weighted by atomic mass is 16.5. The van der Waals surface area contributed by atoms with E-state index in [1.165, 1.54) is 20.3 Å². The molecule has 2 aromatic rings. The van der Waals surface area contributed by atoms with E-state index in [9.17, 15) is 20.8 Å². The molecule has 0 spiro atoms. The van der Waals surface area contributed by atoms with Crippen LogP contribution in [0.25, 0.3) is 0 Å². The molecule has 4 aliphatic rings. The molecular weight excluding hydrogens is 817 g/mol. The van der Waals surface area contributed by atoms with Gasteiger partial charge in [0.2, 0.25) is 23.8 Å². The van der Waals surface area contributed by atoms with Gasteiger partial charge in [0, 0.05) is 82.6 Å². The van der Waals surface area contributed by atoms with Crippen molar-refractivity contribution in [3.63, 3.8) is 0 Å². The molecule has 6 heterocycles. The van der Waals surface area contributed by atoms with Gasteiger partial charge < -0.3 is 42.1 Å². The van der Waals surface area contributed by atoms with Crippen molar-refractivity contribution >= 4 is 35.7 Å². The number of aromatic nitrogens is 6. The molecule has 0 unspecified atom stereocenters. The molecule has 0 amide bonds. The predicted molar refractivity (Wildman–Crippen MR) is 250 cm³/mol. The minimum absolute atomic E-state index is 0.0545. The monoisotopic (exact) mass is 899 g/mol. The lowest BCUT2D eigenvalue weighted by Gasteiger charge is -2.51. The third-order valence-corrected chi connectivity index (χ3v) is 14.2. The molecule has 0 aromatic carbocycles. The van der Waals surface area contributed by atoms with Gasteiger partial charge in [-0.3, -0.25) is 10.0 Å². The van der Waals surface area contributed by atoms with E-state index in [0.29, 0.717) is 87.1 Å². The molecule has 6 rings (SSSR count). The van der Waals surface area contributed by atoms with Gasteiger partial charge in [0.1, 0.15) is 0 Å². The van der Waals surface area contributed by atoms with Crippen LogP contribution < -0.4 is 31.3 Å². The standard InChI is InChI=1S/C44H82N16O4/c1-37(2)19-27(20-38(3,4)57(37)61)45-31-49-32(46-28-21-39(5,6)58(62)40(7,8)22-28)52-35(51-31)55(17)56(18)36-53-33(47-29-23-41(9,10)59(63)42(11,12)24-29)50-34(54-36)48-30-25-43(13,14)60(64)44(15,16)26-30/h27-30,61-64H,19-26H2,1-18H3,(H2,45,46,49,51,52)(H2,47,48,50,53,54). The molecule has 20 heteroatoms. The minimum atomic E-state index is -0.500. The number of hydrogen-bond acceptors (Lipinski definition) is 20. The molecule has 0 aliphatic carbocycles. The Balaban J connectivity index is 1.37. The van der Waals surface area contributed by atoms with Crippen LogP contribution in [0, 0.1) is 0 Å². The number of anilines is 6. The average molecular weight is 899 g/mol. The van der Waals surface area contributed by atoms with E-state index in [0.717, 1.165) is 0 Å². The third kappa shape index (κ3) is 10.4. The smallest absolute Gasteiger partial charge is 0.251 e. The van der Waals surface area contributed by atoms with E-state index in [4.69, 9.17) is 29.9 Å². The summed E-state index contributed by atoms with van der Waals surface area (Å²) in [4.78, 5) is 29.8. The maximum absolute atomic E-state index is 11.1. The lowest BCUT2D eigenvalue weighted by molar-refractivity contribution is -0.243. The first kappa shape index (κ1) is 49.9. The van der Waals surface area contributed by atoms with Crippen molar-refractivity contribution in [2.24, 2.45) is 0 Å². The van der Waals surface area contributed by atoms with E-state index in [1.54, 1.807) is 10.0 Å². The molecule has 4 aliphatic heterocycles. The van der Waals surface area contributed by atoms with Crippen molar-refractivity contribution in [2.45, 2.75) is 231 Å². The van der Waals surface area contributed by atoms with E-state index in [2.05, 4.69) is 21.3 Å². The lowest BCUT2D eigenvalue weighted by Crippen LogP contribution is -2.61. The number of nitrogens with one attached hydrogen (secondary N) is 4. The van der Waals surface area contributed by atoms with Crippen LogP contribution in [0.4, 0.5) is 35.7 Å². The summed E-state index contributed by atoms with van der Waals surface area (Å²) in [5.74, 6) is 2.21. The summed E-state index contributed by atoms with van der Waals surface area (Å²) in [6, 6.07) is -0.218. The lowest BCUT2D eigenvalue weighted by atomic mass is 9.79. The number of nitrogens with zero attached hydrogens (tertiary/aromatic N) is 12. The number of hydrogen-bond donors (Lipinski definition) is 8. The van der Waals surface area contributed by atoms with E-state index < -0.39 is 44.3 Å². The van der Waals surface area contributed by atoms with Crippen molar-refractivity contribution < 1.29 is 20.8 Å². The second-order valence-electron chi connectivity index (χ2n) is 24.4. The van der Waals surface area contributed by atoms with E-state index in [1.807, 2.05) is 125 Å². The van der Waals surface area contributed by atoms with Crippen molar-refractivity contribution in [3.8, 4) is 0 Å². The van der Waals surface area contributed by atoms with E-state index in [-0.39, 0.29) is 24.2 Å². The zero-order valence-electron chi connectivity index (χ0n) is 42.1. The first-order valence-corrected chi connectivity index (χ1v) is 23.1. The maximum atomic E-state index is 11.1. The Hall–Kier alpha value is -3.50. The fraction of sp³-hybridized carbons (Fsp3) is 0.864. The summed E-state index contributed by atoms with van der Waals surface area (Å²) in [7, 11) is 3.70. The average Bonchev–Trinajstić information content (AvgIpc) is 3.12. The molecule has 0 saturated carbocycles. The summed E-state index contributed by atoms with van der Waals surface area (Å²) in [6.07, 6.45) is 5.20. The molecule has 0 bridgehead atoms. The zero-order chi connectivity index (χ0) is 48.0. The first-order chi connectivity index (χ1) is 29.0. The molecule has 0 atom stereocenters. The van der Waals surface area contributed by atoms with Crippen LogP contribution in [0.15, 0.2) is 0 Å². The molecule has 4 fully saturated rings. The Kier molecular flexibility index (Phi) is 13.0. The number of rotatable bonds is 11. The van der Waals surface area contributed by atoms with Gasteiger partial charge in [0.05, 0.1) is 0 Å². The molecule has 0 radical (unpaired) electrons. The van der Waals surface area contributed by atoms with Crippen molar-refractivity contribution in [1.82, 2.24) is 50.2 Å². The van der Waals surface area contributed by atoms with Crippen molar-refractivity contribution in [2.75, 3.05) is 45.4 Å². The van der Waals surface area contributed by atoms with Crippen LogP contribution in [0.3, 0.4) is 0 Å². The number of hydroxylamine groups is 8. The highest BCUT2D eigenvalue weighted by Crippen LogP contribution is 2.42.